The van der Waals surface area contributed by atoms with Crippen molar-refractivity contribution in [3.05, 3.63) is 0 Å². The van der Waals surface area contributed by atoms with Gasteiger partial charge in [0.05, 0.1) is 5.60 Å². The molecule has 3 heteroatoms. The Kier molecular flexibility index (Phi) is 4.28. The summed E-state index contributed by atoms with van der Waals surface area (Å²) in [7, 11) is 0. The van der Waals surface area contributed by atoms with Gasteiger partial charge in [-0.25, -0.2) is 0 Å². The van der Waals surface area contributed by atoms with Gasteiger partial charge in [0.2, 0.25) is 0 Å². The van der Waals surface area contributed by atoms with E-state index in [2.05, 4.69) is 0 Å². The molecule has 0 bridgehead atoms. The van der Waals surface area contributed by atoms with Crippen LogP contribution in [0.3, 0.4) is 0 Å². The Balaban J connectivity index is 4.14. The fraction of sp³-hybridized carbons (Fsp3) is 0.909. The van der Waals surface area contributed by atoms with Crippen molar-refractivity contribution < 1.29 is 14.6 Å². The highest BCUT2D eigenvalue weighted by molar-refractivity contribution is 5.87. The molecule has 0 atom stereocenters. The summed E-state index contributed by atoms with van der Waals surface area (Å²) in [5.41, 5.74) is -1.63. The summed E-state index contributed by atoms with van der Waals surface area (Å²) in [4.78, 5) is 11.4. The van der Waals surface area contributed by atoms with Gasteiger partial charge in [0.15, 0.2) is 5.78 Å². The Morgan fingerprint density at radius 2 is 1.71 bits per heavy atom. The number of ketones is 1. The number of ether oxygens (including phenoxy) is 1. The smallest absolute Gasteiger partial charge is 0.189 e. The van der Waals surface area contributed by atoms with Crippen LogP contribution in [0.25, 0.3) is 0 Å². The molecule has 0 radical (unpaired) electrons. The molecule has 0 aromatic carbocycles. The van der Waals surface area contributed by atoms with E-state index in [1.54, 1.807) is 0 Å². The summed E-state index contributed by atoms with van der Waals surface area (Å²) in [5, 5.41) is 9.39. The lowest BCUT2D eigenvalue weighted by Gasteiger charge is -2.30. The number of carbonyl (C=O) groups excluding carboxylic acids is 1. The molecule has 0 aliphatic heterocycles. The number of hydrogen-bond acceptors (Lipinski definition) is 3. The van der Waals surface area contributed by atoms with Crippen LogP contribution >= 0.6 is 0 Å². The number of aliphatic hydroxyl groups is 1. The van der Waals surface area contributed by atoms with Crippen LogP contribution in [-0.4, -0.2) is 28.7 Å². The van der Waals surface area contributed by atoms with Gasteiger partial charge in [0.25, 0.3) is 0 Å². The zero-order valence-corrected chi connectivity index (χ0v) is 10.0. The third-order valence-electron chi connectivity index (χ3n) is 2.65. The monoisotopic (exact) mass is 202 g/mol. The number of rotatable bonds is 5. The topological polar surface area (TPSA) is 46.5 Å². The van der Waals surface area contributed by atoms with Gasteiger partial charge in [-0.05, 0) is 33.6 Å². The molecule has 1 N–H and O–H groups in total. The van der Waals surface area contributed by atoms with Crippen LogP contribution in [0.2, 0.25) is 0 Å². The molecule has 0 unspecified atom stereocenters. The molecule has 0 amide bonds. The summed E-state index contributed by atoms with van der Waals surface area (Å²) in [6, 6.07) is 0. The van der Waals surface area contributed by atoms with E-state index in [0.29, 0.717) is 5.92 Å². The number of carbonyl (C=O) groups is 1. The molecule has 0 aromatic rings. The molecular formula is C11H22O3. The lowest BCUT2D eigenvalue weighted by atomic mass is 9.94. The minimum absolute atomic E-state index is 0.0331. The van der Waals surface area contributed by atoms with E-state index in [-0.39, 0.29) is 18.0 Å². The van der Waals surface area contributed by atoms with Crippen LogP contribution in [-0.2, 0) is 9.53 Å². The van der Waals surface area contributed by atoms with E-state index in [9.17, 15) is 9.90 Å². The molecule has 0 rings (SSSR count). The highest BCUT2D eigenvalue weighted by Gasteiger charge is 2.28. The van der Waals surface area contributed by atoms with Crippen molar-refractivity contribution in [3.8, 4) is 0 Å². The van der Waals surface area contributed by atoms with Crippen LogP contribution in [0.1, 0.15) is 41.5 Å². The van der Waals surface area contributed by atoms with Crippen LogP contribution in [0, 0.1) is 5.92 Å². The highest BCUT2D eigenvalue weighted by Crippen LogP contribution is 2.20. The second kappa shape index (κ2) is 4.41. The van der Waals surface area contributed by atoms with E-state index in [1.807, 2.05) is 27.7 Å². The van der Waals surface area contributed by atoms with Gasteiger partial charge < -0.3 is 9.84 Å². The maximum atomic E-state index is 11.4. The fourth-order valence-electron chi connectivity index (χ4n) is 0.595. The Hall–Kier alpha value is -0.410. The predicted molar refractivity (Wildman–Crippen MR) is 56.2 cm³/mol. The van der Waals surface area contributed by atoms with Gasteiger partial charge >= 0.3 is 0 Å². The van der Waals surface area contributed by atoms with E-state index in [1.165, 1.54) is 13.8 Å². The van der Waals surface area contributed by atoms with Gasteiger partial charge in [-0.2, -0.15) is 0 Å². The van der Waals surface area contributed by atoms with Crippen molar-refractivity contribution >= 4 is 5.78 Å². The van der Waals surface area contributed by atoms with Crippen LogP contribution in [0.4, 0.5) is 0 Å². The van der Waals surface area contributed by atoms with Gasteiger partial charge in [-0.1, -0.05) is 13.8 Å². The van der Waals surface area contributed by atoms with E-state index in [0.717, 1.165) is 0 Å². The highest BCUT2D eigenvalue weighted by atomic mass is 16.5. The van der Waals surface area contributed by atoms with E-state index < -0.39 is 5.60 Å². The SMILES string of the molecule is CC(C)C(C)(C)OCC(=O)C(C)(C)O. The maximum Gasteiger partial charge on any atom is 0.189 e. The molecule has 0 aliphatic rings. The first-order valence-corrected chi connectivity index (χ1v) is 4.97. The summed E-state index contributed by atoms with van der Waals surface area (Å²) in [6.45, 7) is 10.9. The molecule has 0 fully saturated rings. The fourth-order valence-corrected chi connectivity index (χ4v) is 0.595. The lowest BCUT2D eigenvalue weighted by Crippen LogP contribution is -2.39. The summed E-state index contributed by atoms with van der Waals surface area (Å²) < 4.78 is 5.47. The predicted octanol–water partition coefficient (Wildman–Crippen LogP) is 1.78. The summed E-state index contributed by atoms with van der Waals surface area (Å²) in [6.07, 6.45) is 0. The lowest BCUT2D eigenvalue weighted by molar-refractivity contribution is -0.146. The Morgan fingerprint density at radius 3 is 2.00 bits per heavy atom. The first kappa shape index (κ1) is 13.6. The van der Waals surface area contributed by atoms with Crippen molar-refractivity contribution in [1.29, 1.82) is 0 Å². The van der Waals surface area contributed by atoms with Crippen LogP contribution in [0.15, 0.2) is 0 Å². The Labute approximate surface area is 86.5 Å². The van der Waals surface area contributed by atoms with Crippen molar-refractivity contribution in [2.45, 2.75) is 52.7 Å². The second-order valence-corrected chi connectivity index (χ2v) is 5.03. The maximum absolute atomic E-state index is 11.4. The summed E-state index contributed by atoms with van der Waals surface area (Å²) >= 11 is 0. The zero-order chi connectivity index (χ0) is 11.6. The first-order chi connectivity index (χ1) is 6.07. The Bertz CT molecular complexity index is 199. The first-order valence-electron chi connectivity index (χ1n) is 4.97. The number of hydrogen-bond donors (Lipinski definition) is 1. The molecule has 0 aromatic heterocycles. The minimum Gasteiger partial charge on any atom is -0.383 e. The Morgan fingerprint density at radius 1 is 1.29 bits per heavy atom. The van der Waals surface area contributed by atoms with E-state index in [4.69, 9.17) is 4.74 Å². The molecule has 0 aliphatic carbocycles. The quantitative estimate of drug-likeness (QED) is 0.739. The largest absolute Gasteiger partial charge is 0.383 e. The van der Waals surface area contributed by atoms with Gasteiger partial charge in [-0.3, -0.25) is 4.79 Å². The molecule has 3 nitrogen and oxygen atoms in total. The van der Waals surface area contributed by atoms with Gasteiger partial charge in [0, 0.05) is 0 Å². The summed E-state index contributed by atoms with van der Waals surface area (Å²) in [5.74, 6) is 0.0448. The molecule has 0 saturated heterocycles. The molecule has 14 heavy (non-hydrogen) atoms. The average Bonchev–Trinajstić information content (AvgIpc) is 1.98. The zero-order valence-electron chi connectivity index (χ0n) is 10.0. The van der Waals surface area contributed by atoms with Gasteiger partial charge in [0.1, 0.15) is 12.2 Å². The minimum atomic E-state index is -1.30. The van der Waals surface area contributed by atoms with Crippen LogP contribution in [0.5, 0.6) is 0 Å². The molecule has 0 spiro atoms. The van der Waals surface area contributed by atoms with Crippen molar-refractivity contribution in [2.24, 2.45) is 5.92 Å². The third kappa shape index (κ3) is 4.20. The standard InChI is InChI=1S/C11H22O3/c1-8(2)11(5,6)14-7-9(12)10(3,4)13/h8,13H,7H2,1-6H3. The van der Waals surface area contributed by atoms with E-state index >= 15 is 0 Å². The normalized spacial score (nSPS) is 13.4. The van der Waals surface area contributed by atoms with Crippen LogP contribution < -0.4 is 0 Å². The second-order valence-electron chi connectivity index (χ2n) is 5.03. The molecule has 0 heterocycles. The average molecular weight is 202 g/mol. The van der Waals surface area contributed by atoms with Crippen molar-refractivity contribution in [1.82, 2.24) is 0 Å². The number of Topliss-reactive ketones (excluding diaryl/α,β-unsaturated/α-hetero) is 1. The molecule has 0 saturated carbocycles. The molecule has 84 valence electrons. The van der Waals surface area contributed by atoms with Gasteiger partial charge in [-0.15, -0.1) is 0 Å². The third-order valence-corrected chi connectivity index (χ3v) is 2.65. The van der Waals surface area contributed by atoms with Crippen molar-refractivity contribution in [3.63, 3.8) is 0 Å². The van der Waals surface area contributed by atoms with Crippen molar-refractivity contribution in [2.75, 3.05) is 6.61 Å². The molecular weight excluding hydrogens is 180 g/mol.